The second-order valence-corrected chi connectivity index (χ2v) is 19.9. The van der Waals surface area contributed by atoms with Crippen LogP contribution < -0.4 is 0 Å². The van der Waals surface area contributed by atoms with Gasteiger partial charge < -0.3 is 13.3 Å². The number of rotatable bonds is 4. The van der Waals surface area contributed by atoms with Crippen molar-refractivity contribution >= 4 is 65.8 Å². The van der Waals surface area contributed by atoms with Crippen molar-refractivity contribution in [1.82, 2.24) is 15.0 Å². The lowest BCUT2D eigenvalue weighted by Crippen LogP contribution is -2.55. The average molecular weight is 864 g/mol. The zero-order valence-corrected chi connectivity index (χ0v) is 36.5. The topological polar surface area (TPSA) is 78.1 Å². The fraction of sp³-hybridized carbons (Fsp3) is 0.164. The molecule has 12 aromatic rings. The molecule has 5 aliphatic carbocycles. The van der Waals surface area contributed by atoms with Crippen molar-refractivity contribution in [2.75, 3.05) is 0 Å². The highest BCUT2D eigenvalue weighted by Gasteiger charge is 2.62. The number of furan rings is 3. The molecule has 4 bridgehead atoms. The third-order valence-corrected chi connectivity index (χ3v) is 16.5. The van der Waals surface area contributed by atoms with Crippen LogP contribution in [0.25, 0.3) is 122 Å². The maximum Gasteiger partial charge on any atom is 0.164 e. The van der Waals surface area contributed by atoms with Gasteiger partial charge in [-0.1, -0.05) is 103 Å². The van der Waals surface area contributed by atoms with E-state index in [4.69, 9.17) is 28.2 Å². The molecule has 17 rings (SSSR count). The van der Waals surface area contributed by atoms with Crippen molar-refractivity contribution in [2.45, 2.75) is 37.5 Å². The minimum absolute atomic E-state index is 0.0919. The molecule has 0 saturated heterocycles. The molecular formula is C61H41N3O3. The highest BCUT2D eigenvalue weighted by atomic mass is 16.3. The lowest BCUT2D eigenvalue weighted by Gasteiger charge is -2.61. The van der Waals surface area contributed by atoms with Gasteiger partial charge in [0.2, 0.25) is 0 Å². The van der Waals surface area contributed by atoms with E-state index in [1.54, 1.807) is 0 Å². The molecule has 4 aromatic heterocycles. The van der Waals surface area contributed by atoms with Gasteiger partial charge in [-0.2, -0.15) is 0 Å². The highest BCUT2D eigenvalue weighted by Crippen LogP contribution is 2.70. The van der Waals surface area contributed by atoms with Gasteiger partial charge in [0.15, 0.2) is 17.5 Å². The van der Waals surface area contributed by atoms with Crippen LogP contribution in [0.5, 0.6) is 0 Å². The van der Waals surface area contributed by atoms with Gasteiger partial charge in [-0.15, -0.1) is 0 Å². The lowest BCUT2D eigenvalue weighted by molar-refractivity contribution is -0.0399. The lowest BCUT2D eigenvalue weighted by atomic mass is 9.43. The summed E-state index contributed by atoms with van der Waals surface area (Å²) in [7, 11) is 0. The first-order valence-corrected chi connectivity index (χ1v) is 23.9. The Morgan fingerprint density at radius 1 is 0.358 bits per heavy atom. The summed E-state index contributed by atoms with van der Waals surface area (Å²) in [6.07, 6.45) is 6.55. The first-order chi connectivity index (χ1) is 33.1. The molecular weight excluding hydrogens is 823 g/mol. The van der Waals surface area contributed by atoms with E-state index in [1.807, 2.05) is 36.4 Å². The molecule has 4 saturated carbocycles. The second kappa shape index (κ2) is 13.2. The summed E-state index contributed by atoms with van der Waals surface area (Å²) in [4.78, 5) is 16.3. The second-order valence-electron chi connectivity index (χ2n) is 19.9. The SMILES string of the molecule is c1cc(-c2nc(-c3ccc4oc5ccccc5c4c3)nc(-c3ccc4oc5ccccc5c4c3)n2)c2c(c1)C1(c3cc(-c4cccc5c4oc4ccccc45)ccc3-2)C2CC3CC(C2)CC1C3. The fourth-order valence-corrected chi connectivity index (χ4v) is 14.1. The number of hydrogen-bond donors (Lipinski definition) is 0. The van der Waals surface area contributed by atoms with Gasteiger partial charge >= 0.3 is 0 Å². The summed E-state index contributed by atoms with van der Waals surface area (Å²) >= 11 is 0. The maximum absolute atomic E-state index is 6.67. The van der Waals surface area contributed by atoms with Crippen LogP contribution in [-0.4, -0.2) is 15.0 Å². The first kappa shape index (κ1) is 36.4. The summed E-state index contributed by atoms with van der Waals surface area (Å²) in [5, 5.41) is 6.53. The first-order valence-electron chi connectivity index (χ1n) is 23.9. The molecule has 0 unspecified atom stereocenters. The van der Waals surface area contributed by atoms with Crippen LogP contribution in [-0.2, 0) is 5.41 Å². The predicted molar refractivity (Wildman–Crippen MR) is 267 cm³/mol. The molecule has 0 aliphatic heterocycles. The molecule has 5 aliphatic rings. The Morgan fingerprint density at radius 3 is 1.51 bits per heavy atom. The quantitative estimate of drug-likeness (QED) is 0.175. The molecule has 4 heterocycles. The van der Waals surface area contributed by atoms with Crippen LogP contribution >= 0.6 is 0 Å². The van der Waals surface area contributed by atoms with Crippen molar-refractivity contribution in [1.29, 1.82) is 0 Å². The molecule has 1 spiro atoms. The average Bonchev–Trinajstić information content (AvgIpc) is 4.13. The molecule has 0 atom stereocenters. The van der Waals surface area contributed by atoms with Gasteiger partial charge in [0, 0.05) is 60.0 Å². The summed E-state index contributed by atoms with van der Waals surface area (Å²) in [5.74, 6) is 4.72. The monoisotopic (exact) mass is 863 g/mol. The van der Waals surface area contributed by atoms with Crippen LogP contribution in [0.15, 0.2) is 177 Å². The largest absolute Gasteiger partial charge is 0.456 e. The minimum atomic E-state index is -0.0919. The molecule has 8 aromatic carbocycles. The Labute approximate surface area is 384 Å². The smallest absolute Gasteiger partial charge is 0.164 e. The molecule has 67 heavy (non-hydrogen) atoms. The van der Waals surface area contributed by atoms with Gasteiger partial charge in [-0.05, 0) is 144 Å². The van der Waals surface area contributed by atoms with E-state index in [2.05, 4.69) is 127 Å². The fourth-order valence-electron chi connectivity index (χ4n) is 14.1. The standard InChI is InChI=1S/C61H41N3O3/c1-6-18-53-41(9-1)44-13-7-12-40(57(44)67-53)35-19-22-45-50(32-35)61(38-26-33-25-34(28-38)29-39(61)27-33)49-15-8-14-46(56(45)49)60-63-58(36-20-23-54-47(30-36)42-10-2-4-16-51(42)65-54)62-59(64-60)37-21-24-55-48(31-37)43-11-3-5-17-52(43)66-55/h1-24,30-34,38-39H,25-29H2. The van der Waals surface area contributed by atoms with Crippen molar-refractivity contribution in [3.05, 3.63) is 175 Å². The zero-order valence-electron chi connectivity index (χ0n) is 36.5. The van der Waals surface area contributed by atoms with E-state index in [1.165, 1.54) is 59.9 Å². The number of aromatic nitrogens is 3. The van der Waals surface area contributed by atoms with E-state index < -0.39 is 0 Å². The summed E-state index contributed by atoms with van der Waals surface area (Å²) < 4.78 is 19.2. The van der Waals surface area contributed by atoms with Gasteiger partial charge in [0.05, 0.1) is 0 Å². The van der Waals surface area contributed by atoms with E-state index in [0.29, 0.717) is 29.3 Å². The van der Waals surface area contributed by atoms with E-state index in [-0.39, 0.29) is 5.41 Å². The van der Waals surface area contributed by atoms with E-state index in [9.17, 15) is 0 Å². The van der Waals surface area contributed by atoms with Crippen molar-refractivity contribution in [3.63, 3.8) is 0 Å². The minimum Gasteiger partial charge on any atom is -0.456 e. The van der Waals surface area contributed by atoms with Crippen molar-refractivity contribution < 1.29 is 13.3 Å². The van der Waals surface area contributed by atoms with Gasteiger partial charge in [0.1, 0.15) is 33.5 Å². The number of fused-ring (bicyclic) bond motifs is 12. The molecule has 6 nitrogen and oxygen atoms in total. The van der Waals surface area contributed by atoms with Crippen LogP contribution in [0.2, 0.25) is 0 Å². The molecule has 318 valence electrons. The Morgan fingerprint density at radius 2 is 0.866 bits per heavy atom. The summed E-state index contributed by atoms with van der Waals surface area (Å²) in [6.45, 7) is 0. The highest BCUT2D eigenvalue weighted by molar-refractivity contribution is 6.10. The van der Waals surface area contributed by atoms with Crippen molar-refractivity contribution in [2.24, 2.45) is 23.7 Å². The van der Waals surface area contributed by atoms with E-state index >= 15 is 0 Å². The summed E-state index contributed by atoms with van der Waals surface area (Å²) in [5.41, 5.74) is 15.9. The number of nitrogens with zero attached hydrogens (tertiary/aromatic N) is 3. The van der Waals surface area contributed by atoms with Gasteiger partial charge in [-0.25, -0.2) is 15.0 Å². The third kappa shape index (κ3) is 4.97. The Balaban J connectivity index is 0.937. The van der Waals surface area contributed by atoms with Crippen LogP contribution in [0, 0.1) is 23.7 Å². The molecule has 4 fully saturated rings. The molecule has 0 radical (unpaired) electrons. The van der Waals surface area contributed by atoms with Crippen molar-refractivity contribution in [3.8, 4) is 56.4 Å². The Hall–Kier alpha value is -7.83. The molecule has 0 N–H and O–H groups in total. The van der Waals surface area contributed by atoms with Gasteiger partial charge in [-0.3, -0.25) is 0 Å². The number of para-hydroxylation sites is 4. The number of hydrogen-bond acceptors (Lipinski definition) is 6. The summed E-state index contributed by atoms with van der Waals surface area (Å²) in [6, 6.07) is 58.4. The maximum atomic E-state index is 6.67. The third-order valence-electron chi connectivity index (χ3n) is 16.5. The van der Waals surface area contributed by atoms with Crippen LogP contribution in [0.4, 0.5) is 0 Å². The Bertz CT molecular complexity index is 3930. The van der Waals surface area contributed by atoms with E-state index in [0.717, 1.165) is 99.9 Å². The van der Waals surface area contributed by atoms with Gasteiger partial charge in [0.25, 0.3) is 0 Å². The Kier molecular flexibility index (Phi) is 7.15. The normalized spacial score (nSPS) is 21.5. The zero-order chi connectivity index (χ0) is 43.5. The van der Waals surface area contributed by atoms with Crippen LogP contribution in [0.1, 0.15) is 43.2 Å². The predicted octanol–water partition coefficient (Wildman–Crippen LogP) is 16.0. The molecule has 6 heteroatoms. The number of benzene rings is 8. The molecule has 0 amide bonds. The van der Waals surface area contributed by atoms with Crippen LogP contribution in [0.3, 0.4) is 0 Å².